The number of ether oxygens (including phenoxy) is 1. The molecule has 22 heavy (non-hydrogen) atoms. The van der Waals surface area contributed by atoms with Gasteiger partial charge in [-0.2, -0.15) is 0 Å². The van der Waals surface area contributed by atoms with Crippen molar-refractivity contribution in [3.8, 4) is 5.75 Å². The summed E-state index contributed by atoms with van der Waals surface area (Å²) in [5.74, 6) is -0.666. The molecule has 0 bridgehead atoms. The number of hydrogen-bond donors (Lipinski definition) is 1. The number of pyridine rings is 1. The average Bonchev–Trinajstić information content (AvgIpc) is 2.45. The third kappa shape index (κ3) is 5.43. The normalized spacial score (nSPS) is 11.0. The number of anilines is 1. The van der Waals surface area contributed by atoms with Crippen molar-refractivity contribution in [1.29, 1.82) is 0 Å². The van der Waals surface area contributed by atoms with Crippen molar-refractivity contribution in [2.24, 2.45) is 0 Å². The second kappa shape index (κ2) is 6.93. The fourth-order valence-electron chi connectivity index (χ4n) is 1.80. The van der Waals surface area contributed by atoms with Crippen molar-refractivity contribution in [1.82, 2.24) is 4.98 Å². The van der Waals surface area contributed by atoms with Crippen LogP contribution in [0.2, 0.25) is 0 Å². The van der Waals surface area contributed by atoms with E-state index < -0.39 is 6.36 Å². The second-order valence-corrected chi connectivity index (χ2v) is 4.48. The van der Waals surface area contributed by atoms with Gasteiger partial charge >= 0.3 is 6.36 Å². The summed E-state index contributed by atoms with van der Waals surface area (Å²) in [4.78, 5) is 15.7. The minimum Gasteiger partial charge on any atom is -0.406 e. The fraction of sp³-hybridized carbons (Fsp3) is 0.200. The number of hydrogen-bond acceptors (Lipinski definition) is 3. The highest BCUT2D eigenvalue weighted by Gasteiger charge is 2.31. The lowest BCUT2D eigenvalue weighted by Crippen LogP contribution is -2.17. The molecule has 4 nitrogen and oxygen atoms in total. The van der Waals surface area contributed by atoms with Crippen LogP contribution in [0.3, 0.4) is 0 Å². The molecular weight excluding hydrogens is 297 g/mol. The van der Waals surface area contributed by atoms with Gasteiger partial charge in [0, 0.05) is 30.6 Å². The number of halogens is 3. The molecule has 0 fully saturated rings. The minimum absolute atomic E-state index is 0.217. The molecule has 1 amide bonds. The lowest BCUT2D eigenvalue weighted by molar-refractivity contribution is -0.274. The van der Waals surface area contributed by atoms with Gasteiger partial charge in [0.05, 0.1) is 0 Å². The van der Waals surface area contributed by atoms with Gasteiger partial charge < -0.3 is 10.1 Å². The molecule has 2 rings (SSSR count). The maximum atomic E-state index is 12.1. The Morgan fingerprint density at radius 2 is 1.91 bits per heavy atom. The van der Waals surface area contributed by atoms with Crippen molar-refractivity contribution in [2.45, 2.75) is 19.2 Å². The van der Waals surface area contributed by atoms with E-state index in [9.17, 15) is 18.0 Å². The summed E-state index contributed by atoms with van der Waals surface area (Å²) in [5.41, 5.74) is 1.21. The monoisotopic (exact) mass is 310 g/mol. The van der Waals surface area contributed by atoms with Gasteiger partial charge in [-0.3, -0.25) is 9.78 Å². The summed E-state index contributed by atoms with van der Waals surface area (Å²) >= 11 is 0. The van der Waals surface area contributed by atoms with E-state index in [1.165, 1.54) is 18.2 Å². The first-order chi connectivity index (χ1) is 10.4. The van der Waals surface area contributed by atoms with Gasteiger partial charge in [-0.15, -0.1) is 13.2 Å². The molecule has 2 aromatic rings. The van der Waals surface area contributed by atoms with Crippen LogP contribution in [0.4, 0.5) is 18.9 Å². The van der Waals surface area contributed by atoms with Crippen LogP contribution < -0.4 is 10.1 Å². The van der Waals surface area contributed by atoms with E-state index >= 15 is 0 Å². The molecule has 0 unspecified atom stereocenters. The first-order valence-electron chi connectivity index (χ1n) is 6.47. The van der Waals surface area contributed by atoms with Crippen LogP contribution in [-0.4, -0.2) is 17.3 Å². The Bertz CT molecular complexity index is 630. The van der Waals surface area contributed by atoms with Crippen LogP contribution in [-0.2, 0) is 11.2 Å². The molecule has 1 heterocycles. The van der Waals surface area contributed by atoms with E-state index in [-0.39, 0.29) is 23.8 Å². The van der Waals surface area contributed by atoms with Gasteiger partial charge in [-0.05, 0) is 36.2 Å². The number of alkyl halides is 3. The third-order valence-corrected chi connectivity index (χ3v) is 2.74. The molecular formula is C15H13F3N2O2. The van der Waals surface area contributed by atoms with E-state index in [2.05, 4.69) is 15.0 Å². The Balaban J connectivity index is 1.90. The number of nitrogens with zero attached hydrogens (tertiary/aromatic N) is 1. The highest BCUT2D eigenvalue weighted by molar-refractivity contribution is 5.91. The van der Waals surface area contributed by atoms with Gasteiger partial charge in [-0.25, -0.2) is 0 Å². The molecule has 1 aromatic heterocycles. The zero-order chi connectivity index (χ0) is 16.0. The van der Waals surface area contributed by atoms with Crippen molar-refractivity contribution in [3.63, 3.8) is 0 Å². The Hall–Kier alpha value is -2.57. The zero-order valence-corrected chi connectivity index (χ0v) is 11.4. The van der Waals surface area contributed by atoms with Crippen molar-refractivity contribution in [3.05, 3.63) is 54.4 Å². The van der Waals surface area contributed by atoms with Gasteiger partial charge in [0.15, 0.2) is 0 Å². The molecule has 1 aromatic carbocycles. The van der Waals surface area contributed by atoms with Gasteiger partial charge in [0.2, 0.25) is 5.91 Å². The van der Waals surface area contributed by atoms with E-state index in [1.807, 2.05) is 0 Å². The molecule has 0 radical (unpaired) electrons. The second-order valence-electron chi connectivity index (χ2n) is 4.48. The Labute approximate surface area is 124 Å². The standard InChI is InChI=1S/C15H13F3N2O2/c16-15(17,18)22-13-3-1-2-12(10-13)20-14(21)5-4-11-6-8-19-9-7-11/h1-3,6-10H,4-5H2,(H,20,21). The zero-order valence-electron chi connectivity index (χ0n) is 11.4. The number of amides is 1. The van der Waals surface area contributed by atoms with Crippen LogP contribution in [0.15, 0.2) is 48.8 Å². The molecule has 1 N–H and O–H groups in total. The summed E-state index contributed by atoms with van der Waals surface area (Å²) in [6, 6.07) is 8.75. The smallest absolute Gasteiger partial charge is 0.406 e. The lowest BCUT2D eigenvalue weighted by atomic mass is 10.1. The minimum atomic E-state index is -4.76. The number of rotatable bonds is 5. The Kier molecular flexibility index (Phi) is 4.98. The summed E-state index contributed by atoms with van der Waals surface area (Å²) in [6.45, 7) is 0. The van der Waals surface area contributed by atoms with E-state index in [0.717, 1.165) is 11.6 Å². The maximum absolute atomic E-state index is 12.1. The first-order valence-corrected chi connectivity index (χ1v) is 6.47. The van der Waals surface area contributed by atoms with Crippen LogP contribution in [0.1, 0.15) is 12.0 Å². The number of carbonyl (C=O) groups excluding carboxylic acids is 1. The number of aryl methyl sites for hydroxylation is 1. The van der Waals surface area contributed by atoms with Crippen molar-refractivity contribution >= 4 is 11.6 Å². The van der Waals surface area contributed by atoms with Crippen LogP contribution >= 0.6 is 0 Å². The topological polar surface area (TPSA) is 51.2 Å². The van der Waals surface area contributed by atoms with Crippen LogP contribution in [0.5, 0.6) is 5.75 Å². The molecule has 0 aliphatic heterocycles. The molecule has 7 heteroatoms. The number of benzene rings is 1. The number of nitrogens with one attached hydrogen (secondary N) is 1. The quantitative estimate of drug-likeness (QED) is 0.919. The molecule has 0 saturated carbocycles. The molecule has 0 aliphatic rings. The highest BCUT2D eigenvalue weighted by atomic mass is 19.4. The van der Waals surface area contributed by atoms with Crippen LogP contribution in [0, 0.1) is 0 Å². The Morgan fingerprint density at radius 1 is 1.18 bits per heavy atom. The van der Waals surface area contributed by atoms with E-state index in [1.54, 1.807) is 24.5 Å². The summed E-state index contributed by atoms with van der Waals surface area (Å²) in [6.07, 6.45) is -0.762. The van der Waals surface area contributed by atoms with E-state index in [4.69, 9.17) is 0 Å². The first kappa shape index (κ1) is 15.8. The molecule has 0 spiro atoms. The summed E-state index contributed by atoms with van der Waals surface area (Å²) in [5, 5.41) is 2.54. The summed E-state index contributed by atoms with van der Waals surface area (Å²) < 4.78 is 40.2. The molecule has 116 valence electrons. The number of carbonyl (C=O) groups is 1. The van der Waals surface area contributed by atoms with Gasteiger partial charge in [-0.1, -0.05) is 6.07 Å². The predicted molar refractivity (Wildman–Crippen MR) is 74.3 cm³/mol. The molecule has 0 aliphatic carbocycles. The predicted octanol–water partition coefficient (Wildman–Crippen LogP) is 3.55. The average molecular weight is 310 g/mol. The lowest BCUT2D eigenvalue weighted by Gasteiger charge is -2.10. The van der Waals surface area contributed by atoms with Crippen LogP contribution in [0.25, 0.3) is 0 Å². The summed E-state index contributed by atoms with van der Waals surface area (Å²) in [7, 11) is 0. The molecule has 0 saturated heterocycles. The fourth-order valence-corrected chi connectivity index (χ4v) is 1.80. The number of aromatic nitrogens is 1. The maximum Gasteiger partial charge on any atom is 0.573 e. The highest BCUT2D eigenvalue weighted by Crippen LogP contribution is 2.25. The van der Waals surface area contributed by atoms with Gasteiger partial charge in [0.25, 0.3) is 0 Å². The SMILES string of the molecule is O=C(CCc1ccncc1)Nc1cccc(OC(F)(F)F)c1. The third-order valence-electron chi connectivity index (χ3n) is 2.74. The Morgan fingerprint density at radius 3 is 2.59 bits per heavy atom. The van der Waals surface area contributed by atoms with Crippen molar-refractivity contribution in [2.75, 3.05) is 5.32 Å². The largest absolute Gasteiger partial charge is 0.573 e. The van der Waals surface area contributed by atoms with E-state index in [0.29, 0.717) is 6.42 Å². The molecule has 0 atom stereocenters. The van der Waals surface area contributed by atoms with Crippen molar-refractivity contribution < 1.29 is 22.7 Å². The van der Waals surface area contributed by atoms with Gasteiger partial charge in [0.1, 0.15) is 5.75 Å².